The number of nitro groups is 1. The molecule has 2 rings (SSSR count). The van der Waals surface area contributed by atoms with Gasteiger partial charge in [0, 0.05) is 23.7 Å². The lowest BCUT2D eigenvalue weighted by molar-refractivity contribution is -0.385. The van der Waals surface area contributed by atoms with Gasteiger partial charge in [0.2, 0.25) is 0 Å². The minimum Gasteiger partial charge on any atom is -0.496 e. The summed E-state index contributed by atoms with van der Waals surface area (Å²) in [6.07, 6.45) is 4.07. The number of nitrogens with two attached hydrogens (primary N) is 1. The predicted octanol–water partition coefficient (Wildman–Crippen LogP) is 2.39. The van der Waals surface area contributed by atoms with Crippen LogP contribution in [0.5, 0.6) is 5.75 Å². The number of hydrogen-bond donors (Lipinski definition) is 1. The van der Waals surface area contributed by atoms with Gasteiger partial charge in [0.15, 0.2) is 0 Å². The Bertz CT molecular complexity index is 478. The fourth-order valence-corrected chi connectivity index (χ4v) is 2.53. The molecule has 0 aromatic heterocycles. The standard InChI is InChI=1S/C14H20N2O4/c1-19-14-6-5-12(16(17)18)7-10(14)9-20-13-4-2-3-11(15)8-13/h5-7,11,13H,2-4,8-9,15H2,1H3. The van der Waals surface area contributed by atoms with E-state index in [-0.39, 0.29) is 17.8 Å². The lowest BCUT2D eigenvalue weighted by Gasteiger charge is -2.26. The first-order valence-corrected chi connectivity index (χ1v) is 6.78. The molecule has 2 atom stereocenters. The largest absolute Gasteiger partial charge is 0.496 e. The molecule has 1 saturated carbocycles. The Morgan fingerprint density at radius 2 is 2.25 bits per heavy atom. The van der Waals surface area contributed by atoms with Crippen LogP contribution in [0.4, 0.5) is 5.69 Å². The fourth-order valence-electron chi connectivity index (χ4n) is 2.53. The van der Waals surface area contributed by atoms with Gasteiger partial charge in [-0.15, -0.1) is 0 Å². The summed E-state index contributed by atoms with van der Waals surface area (Å²) in [5.74, 6) is 0.607. The predicted molar refractivity (Wildman–Crippen MR) is 74.7 cm³/mol. The van der Waals surface area contributed by atoms with E-state index in [9.17, 15) is 10.1 Å². The highest BCUT2D eigenvalue weighted by Gasteiger charge is 2.20. The maximum absolute atomic E-state index is 10.8. The van der Waals surface area contributed by atoms with Crippen LogP contribution < -0.4 is 10.5 Å². The van der Waals surface area contributed by atoms with E-state index in [1.807, 2.05) is 0 Å². The zero-order chi connectivity index (χ0) is 14.5. The van der Waals surface area contributed by atoms with Gasteiger partial charge in [-0.1, -0.05) is 0 Å². The van der Waals surface area contributed by atoms with Gasteiger partial charge >= 0.3 is 0 Å². The van der Waals surface area contributed by atoms with E-state index >= 15 is 0 Å². The van der Waals surface area contributed by atoms with Crippen LogP contribution in [0.1, 0.15) is 31.2 Å². The van der Waals surface area contributed by atoms with Gasteiger partial charge in [-0.25, -0.2) is 0 Å². The van der Waals surface area contributed by atoms with E-state index in [0.29, 0.717) is 17.9 Å². The summed E-state index contributed by atoms with van der Waals surface area (Å²) in [6, 6.07) is 4.73. The molecule has 0 amide bonds. The van der Waals surface area contributed by atoms with E-state index in [1.54, 1.807) is 13.2 Å². The highest BCUT2D eigenvalue weighted by molar-refractivity contribution is 5.43. The van der Waals surface area contributed by atoms with E-state index in [1.165, 1.54) is 12.1 Å². The monoisotopic (exact) mass is 280 g/mol. The molecule has 6 nitrogen and oxygen atoms in total. The zero-order valence-corrected chi connectivity index (χ0v) is 11.6. The van der Waals surface area contributed by atoms with Gasteiger partial charge in [-0.2, -0.15) is 0 Å². The summed E-state index contributed by atoms with van der Waals surface area (Å²) in [4.78, 5) is 10.4. The van der Waals surface area contributed by atoms with E-state index in [0.717, 1.165) is 25.7 Å². The summed E-state index contributed by atoms with van der Waals surface area (Å²) in [5.41, 5.74) is 6.66. The van der Waals surface area contributed by atoms with Crippen molar-refractivity contribution in [2.24, 2.45) is 5.73 Å². The highest BCUT2D eigenvalue weighted by atomic mass is 16.6. The minimum absolute atomic E-state index is 0.0461. The second-order valence-corrected chi connectivity index (χ2v) is 5.11. The molecule has 1 fully saturated rings. The number of ether oxygens (including phenoxy) is 2. The van der Waals surface area contributed by atoms with Crippen molar-refractivity contribution in [1.82, 2.24) is 0 Å². The Labute approximate surface area is 118 Å². The number of nitrogens with zero attached hydrogens (tertiary/aromatic N) is 1. The van der Waals surface area contributed by atoms with Crippen molar-refractivity contribution in [1.29, 1.82) is 0 Å². The van der Waals surface area contributed by atoms with Crippen LogP contribution in [0, 0.1) is 10.1 Å². The Hall–Kier alpha value is -1.66. The van der Waals surface area contributed by atoms with Crippen molar-refractivity contribution in [3.05, 3.63) is 33.9 Å². The number of hydrogen-bond acceptors (Lipinski definition) is 5. The van der Waals surface area contributed by atoms with Crippen LogP contribution >= 0.6 is 0 Å². The van der Waals surface area contributed by atoms with Gasteiger partial charge in [-0.05, 0) is 31.7 Å². The van der Waals surface area contributed by atoms with E-state index < -0.39 is 4.92 Å². The number of benzene rings is 1. The first-order valence-electron chi connectivity index (χ1n) is 6.78. The smallest absolute Gasteiger partial charge is 0.270 e. The van der Waals surface area contributed by atoms with Crippen LogP contribution in [0.2, 0.25) is 0 Å². The number of non-ortho nitro benzene ring substituents is 1. The third-order valence-electron chi connectivity index (χ3n) is 3.62. The normalized spacial score (nSPS) is 22.5. The Morgan fingerprint density at radius 1 is 1.45 bits per heavy atom. The van der Waals surface area contributed by atoms with Gasteiger partial charge < -0.3 is 15.2 Å². The molecule has 0 radical (unpaired) electrons. The molecule has 0 heterocycles. The molecular weight excluding hydrogens is 260 g/mol. The minimum atomic E-state index is -0.417. The van der Waals surface area contributed by atoms with E-state index in [2.05, 4.69) is 0 Å². The zero-order valence-electron chi connectivity index (χ0n) is 11.6. The Morgan fingerprint density at radius 3 is 2.90 bits per heavy atom. The maximum Gasteiger partial charge on any atom is 0.270 e. The molecule has 1 aliphatic carbocycles. The lowest BCUT2D eigenvalue weighted by Crippen LogP contribution is -2.32. The van der Waals surface area contributed by atoms with Crippen LogP contribution in [0.25, 0.3) is 0 Å². The Balaban J connectivity index is 2.03. The summed E-state index contributed by atoms with van der Waals surface area (Å²) in [7, 11) is 1.54. The molecule has 0 spiro atoms. The van der Waals surface area contributed by atoms with Gasteiger partial charge in [0.25, 0.3) is 5.69 Å². The molecule has 2 N–H and O–H groups in total. The van der Waals surface area contributed by atoms with Crippen LogP contribution in [-0.2, 0) is 11.3 Å². The molecule has 110 valence electrons. The first-order chi connectivity index (χ1) is 9.60. The SMILES string of the molecule is COc1ccc([N+](=O)[O-])cc1COC1CCCC(N)C1. The summed E-state index contributed by atoms with van der Waals surface area (Å²) in [6.45, 7) is 0.308. The van der Waals surface area contributed by atoms with Crippen LogP contribution in [0.15, 0.2) is 18.2 Å². The van der Waals surface area contributed by atoms with Gasteiger partial charge in [-0.3, -0.25) is 10.1 Å². The van der Waals surface area contributed by atoms with E-state index in [4.69, 9.17) is 15.2 Å². The molecule has 20 heavy (non-hydrogen) atoms. The van der Waals surface area contributed by atoms with Crippen LogP contribution in [-0.4, -0.2) is 24.2 Å². The summed E-state index contributed by atoms with van der Waals surface area (Å²) < 4.78 is 11.0. The summed E-state index contributed by atoms with van der Waals surface area (Å²) in [5, 5.41) is 10.8. The number of nitro benzene ring substituents is 1. The van der Waals surface area contributed by atoms with Crippen LogP contribution in [0.3, 0.4) is 0 Å². The average Bonchev–Trinajstić information content (AvgIpc) is 2.44. The topological polar surface area (TPSA) is 87.6 Å². The van der Waals surface area contributed by atoms with Crippen molar-refractivity contribution in [3.8, 4) is 5.75 Å². The Kier molecular flexibility index (Phi) is 4.92. The van der Waals surface area contributed by atoms with Crippen molar-refractivity contribution in [2.45, 2.75) is 44.4 Å². The maximum atomic E-state index is 10.8. The molecule has 0 aliphatic heterocycles. The summed E-state index contributed by atoms with van der Waals surface area (Å²) >= 11 is 0. The van der Waals surface area contributed by atoms with Crippen molar-refractivity contribution in [2.75, 3.05) is 7.11 Å². The second-order valence-electron chi connectivity index (χ2n) is 5.11. The third kappa shape index (κ3) is 3.68. The number of rotatable bonds is 5. The quantitative estimate of drug-likeness (QED) is 0.661. The van der Waals surface area contributed by atoms with Gasteiger partial charge in [0.1, 0.15) is 5.75 Å². The fraction of sp³-hybridized carbons (Fsp3) is 0.571. The molecule has 0 saturated heterocycles. The van der Waals surface area contributed by atoms with Crippen molar-refractivity contribution in [3.63, 3.8) is 0 Å². The molecule has 1 aliphatic rings. The molecule has 1 aromatic rings. The third-order valence-corrected chi connectivity index (χ3v) is 3.62. The molecular formula is C14H20N2O4. The van der Waals surface area contributed by atoms with Crippen molar-refractivity contribution < 1.29 is 14.4 Å². The van der Waals surface area contributed by atoms with Crippen molar-refractivity contribution >= 4 is 5.69 Å². The average molecular weight is 280 g/mol. The second kappa shape index (κ2) is 6.67. The highest BCUT2D eigenvalue weighted by Crippen LogP contribution is 2.27. The molecule has 1 aromatic carbocycles. The number of methoxy groups -OCH3 is 1. The molecule has 0 bridgehead atoms. The van der Waals surface area contributed by atoms with Gasteiger partial charge in [0.05, 0.1) is 24.7 Å². The lowest BCUT2D eigenvalue weighted by atomic mass is 9.93. The molecule has 2 unspecified atom stereocenters. The first kappa shape index (κ1) is 14.7. The molecule has 6 heteroatoms.